The second kappa shape index (κ2) is 5.68. The van der Waals surface area contributed by atoms with E-state index < -0.39 is 0 Å². The van der Waals surface area contributed by atoms with Crippen LogP contribution in [0.25, 0.3) is 10.9 Å². The SMILES string of the molecule is OCc1cn(Cc2cc(F)ccc2Cl)c2cc(Cl)ccc12. The third-order valence-corrected chi connectivity index (χ3v) is 4.05. The molecule has 108 valence electrons. The van der Waals surface area contributed by atoms with Crippen molar-refractivity contribution in [2.45, 2.75) is 13.2 Å². The maximum Gasteiger partial charge on any atom is 0.123 e. The zero-order chi connectivity index (χ0) is 15.0. The van der Waals surface area contributed by atoms with Crippen LogP contribution in [-0.2, 0) is 13.2 Å². The summed E-state index contributed by atoms with van der Waals surface area (Å²) >= 11 is 12.2. The van der Waals surface area contributed by atoms with Gasteiger partial charge in [0.25, 0.3) is 0 Å². The molecule has 0 fully saturated rings. The number of rotatable bonds is 3. The van der Waals surface area contributed by atoms with E-state index in [1.165, 1.54) is 18.2 Å². The zero-order valence-corrected chi connectivity index (χ0v) is 12.5. The van der Waals surface area contributed by atoms with Crippen molar-refractivity contribution in [3.63, 3.8) is 0 Å². The molecule has 0 spiro atoms. The molecule has 0 amide bonds. The zero-order valence-electron chi connectivity index (χ0n) is 11.0. The van der Waals surface area contributed by atoms with E-state index in [0.717, 1.165) is 16.5 Å². The molecule has 1 aromatic heterocycles. The van der Waals surface area contributed by atoms with Crippen LogP contribution in [0, 0.1) is 5.82 Å². The van der Waals surface area contributed by atoms with Crippen LogP contribution in [0.1, 0.15) is 11.1 Å². The van der Waals surface area contributed by atoms with Crippen molar-refractivity contribution in [2.75, 3.05) is 0 Å². The van der Waals surface area contributed by atoms with Gasteiger partial charge >= 0.3 is 0 Å². The van der Waals surface area contributed by atoms with E-state index in [1.54, 1.807) is 6.07 Å². The van der Waals surface area contributed by atoms with Gasteiger partial charge < -0.3 is 9.67 Å². The molecule has 5 heteroatoms. The van der Waals surface area contributed by atoms with Gasteiger partial charge in [0, 0.05) is 33.7 Å². The van der Waals surface area contributed by atoms with E-state index in [0.29, 0.717) is 22.2 Å². The standard InChI is InChI=1S/C16H12Cl2FNO/c17-12-1-3-14-11(9-21)8-20(16(14)6-12)7-10-5-13(19)2-4-15(10)18/h1-6,8,21H,7,9H2. The van der Waals surface area contributed by atoms with Crippen LogP contribution in [0.5, 0.6) is 0 Å². The van der Waals surface area contributed by atoms with Crippen molar-refractivity contribution in [3.8, 4) is 0 Å². The second-order valence-electron chi connectivity index (χ2n) is 4.84. The molecule has 0 saturated carbocycles. The first-order chi connectivity index (χ1) is 10.1. The lowest BCUT2D eigenvalue weighted by Crippen LogP contribution is -1.99. The van der Waals surface area contributed by atoms with E-state index in [1.807, 2.05) is 22.9 Å². The van der Waals surface area contributed by atoms with Crippen LogP contribution >= 0.6 is 23.2 Å². The summed E-state index contributed by atoms with van der Waals surface area (Å²) in [5.41, 5.74) is 2.36. The highest BCUT2D eigenvalue weighted by Crippen LogP contribution is 2.27. The molecule has 3 rings (SSSR count). The van der Waals surface area contributed by atoms with Gasteiger partial charge in [0.2, 0.25) is 0 Å². The average molecular weight is 324 g/mol. The molecule has 0 bridgehead atoms. The molecular formula is C16H12Cl2FNO. The summed E-state index contributed by atoms with van der Waals surface area (Å²) in [6.07, 6.45) is 1.84. The minimum atomic E-state index is -0.328. The van der Waals surface area contributed by atoms with Gasteiger partial charge in [-0.05, 0) is 35.9 Å². The van der Waals surface area contributed by atoms with Crippen molar-refractivity contribution in [2.24, 2.45) is 0 Å². The Balaban J connectivity index is 2.12. The minimum Gasteiger partial charge on any atom is -0.392 e. The number of hydrogen-bond acceptors (Lipinski definition) is 1. The Hall–Kier alpha value is -1.55. The van der Waals surface area contributed by atoms with Gasteiger partial charge in [0.05, 0.1) is 12.1 Å². The highest BCUT2D eigenvalue weighted by Gasteiger charge is 2.10. The normalized spacial score (nSPS) is 11.2. The highest BCUT2D eigenvalue weighted by atomic mass is 35.5. The Kier molecular flexibility index (Phi) is 3.89. The molecule has 0 aliphatic heterocycles. The van der Waals surface area contributed by atoms with Crippen LogP contribution < -0.4 is 0 Å². The number of benzene rings is 2. The van der Waals surface area contributed by atoms with Gasteiger partial charge in [0.15, 0.2) is 0 Å². The second-order valence-corrected chi connectivity index (χ2v) is 5.68. The van der Waals surface area contributed by atoms with Gasteiger partial charge in [-0.3, -0.25) is 0 Å². The Bertz CT molecular complexity index is 813. The quantitative estimate of drug-likeness (QED) is 0.747. The Morgan fingerprint density at radius 2 is 1.86 bits per heavy atom. The van der Waals surface area contributed by atoms with Gasteiger partial charge in [0.1, 0.15) is 5.82 Å². The number of hydrogen-bond donors (Lipinski definition) is 1. The van der Waals surface area contributed by atoms with Gasteiger partial charge in [-0.25, -0.2) is 4.39 Å². The van der Waals surface area contributed by atoms with E-state index in [-0.39, 0.29) is 12.4 Å². The van der Waals surface area contributed by atoms with Crippen molar-refractivity contribution < 1.29 is 9.50 Å². The first-order valence-electron chi connectivity index (χ1n) is 6.40. The predicted octanol–water partition coefficient (Wildman–Crippen LogP) is 4.63. The maximum atomic E-state index is 13.4. The third-order valence-electron chi connectivity index (χ3n) is 3.45. The van der Waals surface area contributed by atoms with E-state index >= 15 is 0 Å². The number of aromatic nitrogens is 1. The van der Waals surface area contributed by atoms with E-state index in [2.05, 4.69) is 0 Å². The largest absolute Gasteiger partial charge is 0.392 e. The molecule has 0 radical (unpaired) electrons. The summed E-state index contributed by atoms with van der Waals surface area (Å²) in [4.78, 5) is 0. The molecule has 1 N–H and O–H groups in total. The van der Waals surface area contributed by atoms with Crippen LogP contribution in [0.4, 0.5) is 4.39 Å². The summed E-state index contributed by atoms with van der Waals surface area (Å²) in [6.45, 7) is 0.343. The fraction of sp³-hybridized carbons (Fsp3) is 0.125. The first-order valence-corrected chi connectivity index (χ1v) is 7.16. The van der Waals surface area contributed by atoms with Gasteiger partial charge in [-0.15, -0.1) is 0 Å². The molecule has 0 unspecified atom stereocenters. The molecule has 2 aromatic carbocycles. The number of aliphatic hydroxyl groups excluding tert-OH is 1. The molecule has 0 aliphatic carbocycles. The number of fused-ring (bicyclic) bond motifs is 1. The van der Waals surface area contributed by atoms with Crippen LogP contribution in [-0.4, -0.2) is 9.67 Å². The van der Waals surface area contributed by atoms with Crippen molar-refractivity contribution in [3.05, 3.63) is 69.6 Å². The third kappa shape index (κ3) is 2.77. The summed E-state index contributed by atoms with van der Waals surface area (Å²) in [5.74, 6) is -0.328. The monoisotopic (exact) mass is 323 g/mol. The van der Waals surface area contributed by atoms with Crippen LogP contribution in [0.2, 0.25) is 10.0 Å². The maximum absolute atomic E-state index is 13.4. The lowest BCUT2D eigenvalue weighted by Gasteiger charge is -2.08. The lowest BCUT2D eigenvalue weighted by molar-refractivity contribution is 0.283. The highest BCUT2D eigenvalue weighted by molar-refractivity contribution is 6.31. The van der Waals surface area contributed by atoms with E-state index in [9.17, 15) is 9.50 Å². The van der Waals surface area contributed by atoms with Crippen molar-refractivity contribution in [1.29, 1.82) is 0 Å². The molecule has 2 nitrogen and oxygen atoms in total. The van der Waals surface area contributed by atoms with Gasteiger partial charge in [-0.2, -0.15) is 0 Å². The first kappa shape index (κ1) is 14.4. The summed E-state index contributed by atoms with van der Waals surface area (Å²) in [5, 5.41) is 11.5. The molecule has 0 saturated heterocycles. The van der Waals surface area contributed by atoms with Gasteiger partial charge in [-0.1, -0.05) is 29.3 Å². The summed E-state index contributed by atoms with van der Waals surface area (Å²) < 4.78 is 15.3. The van der Waals surface area contributed by atoms with E-state index in [4.69, 9.17) is 23.2 Å². The molecule has 0 aliphatic rings. The van der Waals surface area contributed by atoms with Crippen molar-refractivity contribution in [1.82, 2.24) is 4.57 Å². The Morgan fingerprint density at radius 1 is 1.05 bits per heavy atom. The molecule has 21 heavy (non-hydrogen) atoms. The van der Waals surface area contributed by atoms with Crippen molar-refractivity contribution >= 4 is 34.1 Å². The Labute approximate surface area is 131 Å². The van der Waals surface area contributed by atoms with Crippen LogP contribution in [0.15, 0.2) is 42.6 Å². The fourth-order valence-corrected chi connectivity index (χ4v) is 2.79. The minimum absolute atomic E-state index is 0.0674. The average Bonchev–Trinajstić information content (AvgIpc) is 2.80. The predicted molar refractivity (Wildman–Crippen MR) is 83.4 cm³/mol. The smallest absolute Gasteiger partial charge is 0.123 e. The number of aliphatic hydroxyl groups is 1. The fourth-order valence-electron chi connectivity index (χ4n) is 2.45. The van der Waals surface area contributed by atoms with Crippen LogP contribution in [0.3, 0.4) is 0 Å². The lowest BCUT2D eigenvalue weighted by atomic mass is 10.2. The molecule has 0 atom stereocenters. The number of nitrogens with zero attached hydrogens (tertiary/aromatic N) is 1. The summed E-state index contributed by atoms with van der Waals surface area (Å²) in [6, 6.07) is 9.75. The molecular weight excluding hydrogens is 312 g/mol. The summed E-state index contributed by atoms with van der Waals surface area (Å²) in [7, 11) is 0. The number of halogens is 3. The molecule has 3 aromatic rings. The topological polar surface area (TPSA) is 25.2 Å². The molecule has 1 heterocycles. The Morgan fingerprint density at radius 3 is 2.62 bits per heavy atom.